The van der Waals surface area contributed by atoms with Gasteiger partial charge in [-0.05, 0) is 54.6 Å². The van der Waals surface area contributed by atoms with Crippen molar-refractivity contribution < 1.29 is 5.11 Å². The number of nitrogens with one attached hydrogen (secondary N) is 1. The van der Waals surface area contributed by atoms with Crippen LogP contribution in [0.5, 0.6) is 0 Å². The number of aliphatic hydroxyl groups is 1. The van der Waals surface area contributed by atoms with Crippen molar-refractivity contribution in [1.29, 1.82) is 0 Å². The number of hydrogen-bond donors (Lipinski definition) is 2. The number of thiophene rings is 1. The van der Waals surface area contributed by atoms with E-state index in [2.05, 4.69) is 39.6 Å². The van der Waals surface area contributed by atoms with Crippen molar-refractivity contribution >= 4 is 27.3 Å². The van der Waals surface area contributed by atoms with Gasteiger partial charge in [0.2, 0.25) is 0 Å². The third kappa shape index (κ3) is 3.29. The molecule has 1 aromatic rings. The van der Waals surface area contributed by atoms with E-state index in [0.29, 0.717) is 12.1 Å². The third-order valence-corrected chi connectivity index (χ3v) is 5.02. The van der Waals surface area contributed by atoms with Gasteiger partial charge in [-0.15, -0.1) is 11.3 Å². The molecule has 2 nitrogen and oxygen atoms in total. The molecule has 0 aliphatic heterocycles. The maximum atomic E-state index is 9.62. The lowest BCUT2D eigenvalue weighted by Gasteiger charge is -2.29. The SMILES string of the molecule is CC(NC1CCCC(O)C1)c1cc(Br)cs1. The van der Waals surface area contributed by atoms with Crippen molar-refractivity contribution in [3.05, 3.63) is 20.8 Å². The van der Waals surface area contributed by atoms with Crippen molar-refractivity contribution in [2.24, 2.45) is 0 Å². The fourth-order valence-corrected chi connectivity index (χ4v) is 3.77. The number of aliphatic hydroxyl groups excluding tert-OH is 1. The molecule has 2 rings (SSSR count). The largest absolute Gasteiger partial charge is 0.393 e. The van der Waals surface area contributed by atoms with Crippen molar-refractivity contribution in [2.45, 2.75) is 50.8 Å². The quantitative estimate of drug-likeness (QED) is 0.896. The molecule has 4 heteroatoms. The minimum atomic E-state index is -0.103. The van der Waals surface area contributed by atoms with E-state index in [1.54, 1.807) is 11.3 Å². The lowest BCUT2D eigenvalue weighted by molar-refractivity contribution is 0.109. The molecule has 1 heterocycles. The minimum absolute atomic E-state index is 0.103. The second-order valence-corrected chi connectivity index (χ2v) is 6.43. The van der Waals surface area contributed by atoms with Crippen molar-refractivity contribution in [3.8, 4) is 0 Å². The van der Waals surface area contributed by atoms with Crippen molar-refractivity contribution in [2.75, 3.05) is 0 Å². The molecule has 1 fully saturated rings. The Morgan fingerprint density at radius 2 is 2.38 bits per heavy atom. The molecule has 1 aromatic heterocycles. The van der Waals surface area contributed by atoms with Crippen LogP contribution in [0.25, 0.3) is 0 Å². The van der Waals surface area contributed by atoms with Crippen molar-refractivity contribution in [3.63, 3.8) is 0 Å². The molecule has 0 spiro atoms. The average Bonchev–Trinajstić information content (AvgIpc) is 2.65. The summed E-state index contributed by atoms with van der Waals surface area (Å²) in [5.41, 5.74) is 0. The van der Waals surface area contributed by atoms with Gasteiger partial charge in [-0.25, -0.2) is 0 Å². The second-order valence-electron chi connectivity index (χ2n) is 4.57. The molecule has 0 bridgehead atoms. The molecule has 1 saturated carbocycles. The summed E-state index contributed by atoms with van der Waals surface area (Å²) >= 11 is 5.25. The maximum Gasteiger partial charge on any atom is 0.0555 e. The van der Waals surface area contributed by atoms with E-state index in [4.69, 9.17) is 0 Å². The predicted molar refractivity (Wildman–Crippen MR) is 71.8 cm³/mol. The fourth-order valence-electron chi connectivity index (χ4n) is 2.31. The standard InChI is InChI=1S/C12H18BrNOS/c1-8(12-5-9(13)7-16-12)14-10-3-2-4-11(15)6-10/h5,7-8,10-11,14-15H,2-4,6H2,1H3. The summed E-state index contributed by atoms with van der Waals surface area (Å²) in [6, 6.07) is 3.02. The molecule has 3 unspecified atom stereocenters. The molecule has 16 heavy (non-hydrogen) atoms. The third-order valence-electron chi connectivity index (χ3n) is 3.15. The van der Waals surface area contributed by atoms with Crippen LogP contribution in [-0.4, -0.2) is 17.3 Å². The van der Waals surface area contributed by atoms with Crippen LogP contribution in [0.1, 0.15) is 43.5 Å². The Morgan fingerprint density at radius 1 is 1.56 bits per heavy atom. The monoisotopic (exact) mass is 303 g/mol. The topological polar surface area (TPSA) is 32.3 Å². The molecule has 1 aliphatic carbocycles. The zero-order chi connectivity index (χ0) is 11.5. The number of halogens is 1. The van der Waals surface area contributed by atoms with Gasteiger partial charge in [0.1, 0.15) is 0 Å². The summed E-state index contributed by atoms with van der Waals surface area (Å²) in [7, 11) is 0. The summed E-state index contributed by atoms with van der Waals surface area (Å²) in [6.45, 7) is 2.19. The Labute approximate surface area is 109 Å². The van der Waals surface area contributed by atoms with Crippen LogP contribution < -0.4 is 5.32 Å². The van der Waals surface area contributed by atoms with Gasteiger partial charge < -0.3 is 10.4 Å². The van der Waals surface area contributed by atoms with Gasteiger partial charge in [-0.1, -0.05) is 0 Å². The first-order chi connectivity index (χ1) is 7.65. The van der Waals surface area contributed by atoms with Crippen LogP contribution in [0, 0.1) is 0 Å². The lowest BCUT2D eigenvalue weighted by Crippen LogP contribution is -2.37. The fraction of sp³-hybridized carbons (Fsp3) is 0.667. The van der Waals surface area contributed by atoms with E-state index in [9.17, 15) is 5.11 Å². The van der Waals surface area contributed by atoms with Gasteiger partial charge in [0, 0.05) is 26.8 Å². The molecule has 1 aliphatic rings. The molecule has 0 aromatic carbocycles. The van der Waals surface area contributed by atoms with Crippen LogP contribution >= 0.6 is 27.3 Å². The van der Waals surface area contributed by atoms with Crippen LogP contribution in [0.15, 0.2) is 15.9 Å². The van der Waals surface area contributed by atoms with Gasteiger partial charge in [0.15, 0.2) is 0 Å². The summed E-state index contributed by atoms with van der Waals surface area (Å²) < 4.78 is 1.16. The Kier molecular flexibility index (Phi) is 4.41. The summed E-state index contributed by atoms with van der Waals surface area (Å²) in [4.78, 5) is 1.35. The maximum absolute atomic E-state index is 9.62. The van der Waals surface area contributed by atoms with Crippen LogP contribution in [0.2, 0.25) is 0 Å². The van der Waals surface area contributed by atoms with Gasteiger partial charge in [0.25, 0.3) is 0 Å². The van der Waals surface area contributed by atoms with E-state index in [1.807, 2.05) is 0 Å². The predicted octanol–water partition coefficient (Wildman–Crippen LogP) is 3.46. The van der Waals surface area contributed by atoms with Gasteiger partial charge in [-0.3, -0.25) is 0 Å². The zero-order valence-corrected chi connectivity index (χ0v) is 11.9. The first kappa shape index (κ1) is 12.6. The lowest BCUT2D eigenvalue weighted by atomic mass is 9.92. The summed E-state index contributed by atoms with van der Waals surface area (Å²) in [5, 5.41) is 15.3. The van der Waals surface area contributed by atoms with Gasteiger partial charge >= 0.3 is 0 Å². The van der Waals surface area contributed by atoms with Crippen molar-refractivity contribution in [1.82, 2.24) is 5.32 Å². The van der Waals surface area contributed by atoms with Crippen LogP contribution in [0.4, 0.5) is 0 Å². The minimum Gasteiger partial charge on any atom is -0.393 e. The normalized spacial score (nSPS) is 27.9. The van der Waals surface area contributed by atoms with E-state index >= 15 is 0 Å². The smallest absolute Gasteiger partial charge is 0.0555 e. The van der Waals surface area contributed by atoms with Crippen LogP contribution in [0.3, 0.4) is 0 Å². The average molecular weight is 304 g/mol. The Bertz CT molecular complexity index is 342. The molecule has 0 saturated heterocycles. The first-order valence-corrected chi connectivity index (χ1v) is 7.50. The highest BCUT2D eigenvalue weighted by atomic mass is 79.9. The van der Waals surface area contributed by atoms with Gasteiger partial charge in [0.05, 0.1) is 6.10 Å². The number of rotatable bonds is 3. The zero-order valence-electron chi connectivity index (χ0n) is 9.45. The molecule has 0 amide bonds. The highest BCUT2D eigenvalue weighted by Crippen LogP contribution is 2.27. The molecular formula is C12H18BrNOS. The Balaban J connectivity index is 1.89. The molecule has 0 radical (unpaired) electrons. The molecule has 3 atom stereocenters. The van der Waals surface area contributed by atoms with E-state index in [0.717, 1.165) is 23.7 Å². The molecular weight excluding hydrogens is 286 g/mol. The summed E-state index contributed by atoms with van der Waals surface area (Å²) in [5.74, 6) is 0. The second kappa shape index (κ2) is 5.63. The number of hydrogen-bond acceptors (Lipinski definition) is 3. The first-order valence-electron chi connectivity index (χ1n) is 5.83. The Hall–Kier alpha value is 0.1000. The van der Waals surface area contributed by atoms with E-state index < -0.39 is 0 Å². The van der Waals surface area contributed by atoms with E-state index in [1.165, 1.54) is 11.3 Å². The molecule has 2 N–H and O–H groups in total. The van der Waals surface area contributed by atoms with Gasteiger partial charge in [-0.2, -0.15) is 0 Å². The highest BCUT2D eigenvalue weighted by molar-refractivity contribution is 9.10. The Morgan fingerprint density at radius 3 is 3.00 bits per heavy atom. The molecule has 90 valence electrons. The van der Waals surface area contributed by atoms with Crippen LogP contribution in [-0.2, 0) is 0 Å². The van der Waals surface area contributed by atoms with E-state index in [-0.39, 0.29) is 6.10 Å². The summed E-state index contributed by atoms with van der Waals surface area (Å²) in [6.07, 6.45) is 4.09. The highest BCUT2D eigenvalue weighted by Gasteiger charge is 2.21.